The van der Waals surface area contributed by atoms with Gasteiger partial charge in [0, 0.05) is 6.20 Å². The number of fused-ring (bicyclic) bond motifs is 1. The van der Waals surface area contributed by atoms with Crippen LogP contribution in [0.15, 0.2) is 47.5 Å². The monoisotopic (exact) mass is 303 g/mol. The molecule has 6 heteroatoms. The van der Waals surface area contributed by atoms with Crippen molar-refractivity contribution in [2.45, 2.75) is 23.8 Å². The first-order valence-electron chi connectivity index (χ1n) is 6.85. The van der Waals surface area contributed by atoms with Gasteiger partial charge in [-0.3, -0.25) is 4.98 Å². The molecule has 3 rings (SSSR count). The highest BCUT2D eigenvalue weighted by Gasteiger charge is 2.25. The van der Waals surface area contributed by atoms with E-state index < -0.39 is 10.0 Å². The molecule has 0 bridgehead atoms. The van der Waals surface area contributed by atoms with Gasteiger partial charge in [-0.2, -0.15) is 0 Å². The largest absolute Gasteiger partial charge is 0.376 e. The Hall–Kier alpha value is -1.92. The number of nitrogens with zero attached hydrogens (tertiary/aromatic N) is 1. The molecule has 0 radical (unpaired) electrons. The van der Waals surface area contributed by atoms with Gasteiger partial charge in [-0.1, -0.05) is 18.2 Å². The van der Waals surface area contributed by atoms with Crippen LogP contribution in [0.5, 0.6) is 0 Å². The fraction of sp³-hybridized carbons (Fsp3) is 0.267. The molecule has 1 aliphatic carbocycles. The molecule has 1 heterocycles. The molecule has 1 aromatic carbocycles. The zero-order valence-electron chi connectivity index (χ0n) is 11.7. The predicted octanol–water partition coefficient (Wildman–Crippen LogP) is 2.09. The SMILES string of the molecule is CNS(=O)(=O)c1ccccc1NC1CCc2cccnc21. The molecular formula is C15H17N3O2S. The summed E-state index contributed by atoms with van der Waals surface area (Å²) in [4.78, 5) is 4.68. The van der Waals surface area contributed by atoms with Crippen molar-refractivity contribution < 1.29 is 8.42 Å². The summed E-state index contributed by atoms with van der Waals surface area (Å²) in [6.45, 7) is 0. The predicted molar refractivity (Wildman–Crippen MR) is 81.6 cm³/mol. The fourth-order valence-electron chi connectivity index (χ4n) is 2.67. The normalized spacial score (nSPS) is 17.5. The molecule has 1 atom stereocenters. The molecule has 110 valence electrons. The molecule has 1 aromatic heterocycles. The van der Waals surface area contributed by atoms with E-state index >= 15 is 0 Å². The summed E-state index contributed by atoms with van der Waals surface area (Å²) < 4.78 is 26.5. The van der Waals surface area contributed by atoms with Gasteiger partial charge in [-0.25, -0.2) is 13.1 Å². The minimum atomic E-state index is -3.48. The smallest absolute Gasteiger partial charge is 0.242 e. The van der Waals surface area contributed by atoms with Crippen LogP contribution in [0.1, 0.15) is 23.7 Å². The van der Waals surface area contributed by atoms with Crippen molar-refractivity contribution in [2.75, 3.05) is 12.4 Å². The first-order chi connectivity index (χ1) is 10.1. The third-order valence-electron chi connectivity index (χ3n) is 3.73. The second-order valence-corrected chi connectivity index (χ2v) is 6.84. The van der Waals surface area contributed by atoms with Gasteiger partial charge >= 0.3 is 0 Å². The second-order valence-electron chi connectivity index (χ2n) is 4.99. The summed E-state index contributed by atoms with van der Waals surface area (Å²) in [6, 6.07) is 11.0. The first kappa shape index (κ1) is 14.0. The van der Waals surface area contributed by atoms with E-state index in [0.717, 1.165) is 18.5 Å². The van der Waals surface area contributed by atoms with Crippen molar-refractivity contribution in [3.63, 3.8) is 0 Å². The van der Waals surface area contributed by atoms with E-state index in [1.165, 1.54) is 12.6 Å². The molecule has 2 aromatic rings. The van der Waals surface area contributed by atoms with Gasteiger partial charge in [0.1, 0.15) is 4.90 Å². The lowest BCUT2D eigenvalue weighted by atomic mass is 10.2. The van der Waals surface area contributed by atoms with Crippen LogP contribution in [0.2, 0.25) is 0 Å². The van der Waals surface area contributed by atoms with E-state index in [0.29, 0.717) is 5.69 Å². The Kier molecular flexibility index (Phi) is 3.65. The minimum absolute atomic E-state index is 0.0504. The Bertz CT molecular complexity index is 759. The molecule has 2 N–H and O–H groups in total. The van der Waals surface area contributed by atoms with Crippen LogP contribution >= 0.6 is 0 Å². The van der Waals surface area contributed by atoms with E-state index in [1.807, 2.05) is 12.1 Å². The van der Waals surface area contributed by atoms with Gasteiger partial charge < -0.3 is 5.32 Å². The Labute approximate surface area is 124 Å². The maximum Gasteiger partial charge on any atom is 0.242 e. The number of para-hydroxylation sites is 1. The third kappa shape index (κ3) is 2.64. The average molecular weight is 303 g/mol. The number of nitrogens with one attached hydrogen (secondary N) is 2. The van der Waals surface area contributed by atoms with Gasteiger partial charge in [-0.05, 0) is 43.7 Å². The number of hydrogen-bond acceptors (Lipinski definition) is 4. The van der Waals surface area contributed by atoms with E-state index in [-0.39, 0.29) is 10.9 Å². The second kappa shape index (κ2) is 5.46. The van der Waals surface area contributed by atoms with Crippen LogP contribution in [0.3, 0.4) is 0 Å². The van der Waals surface area contributed by atoms with Crippen molar-refractivity contribution in [1.82, 2.24) is 9.71 Å². The van der Waals surface area contributed by atoms with Gasteiger partial charge in [0.2, 0.25) is 10.0 Å². The molecule has 21 heavy (non-hydrogen) atoms. The molecule has 0 amide bonds. The first-order valence-corrected chi connectivity index (χ1v) is 8.33. The third-order valence-corrected chi connectivity index (χ3v) is 5.21. The number of sulfonamides is 1. The summed E-state index contributed by atoms with van der Waals surface area (Å²) in [5, 5.41) is 3.32. The number of anilines is 1. The van der Waals surface area contributed by atoms with Crippen molar-refractivity contribution in [3.8, 4) is 0 Å². The molecule has 1 aliphatic rings. The maximum absolute atomic E-state index is 12.1. The maximum atomic E-state index is 12.1. The number of rotatable bonds is 4. The lowest BCUT2D eigenvalue weighted by Gasteiger charge is -2.17. The number of hydrogen-bond donors (Lipinski definition) is 2. The lowest BCUT2D eigenvalue weighted by Crippen LogP contribution is -2.21. The molecule has 0 spiro atoms. The Morgan fingerprint density at radius 2 is 2.00 bits per heavy atom. The Morgan fingerprint density at radius 1 is 1.19 bits per heavy atom. The lowest BCUT2D eigenvalue weighted by molar-refractivity contribution is 0.588. The number of aromatic nitrogens is 1. The molecular weight excluding hydrogens is 286 g/mol. The summed E-state index contributed by atoms with van der Waals surface area (Å²) in [5.41, 5.74) is 2.84. The highest BCUT2D eigenvalue weighted by atomic mass is 32.2. The summed E-state index contributed by atoms with van der Waals surface area (Å²) in [6.07, 6.45) is 3.65. The van der Waals surface area contributed by atoms with Crippen LogP contribution in [-0.4, -0.2) is 20.4 Å². The Balaban J connectivity index is 1.94. The topological polar surface area (TPSA) is 71.1 Å². The zero-order valence-corrected chi connectivity index (χ0v) is 12.5. The standard InChI is InChI=1S/C15H17N3O2S/c1-16-21(19,20)14-7-3-2-6-12(14)18-13-9-8-11-5-4-10-17-15(11)13/h2-7,10,13,16,18H,8-9H2,1H3. The summed E-state index contributed by atoms with van der Waals surface area (Å²) >= 11 is 0. The van der Waals surface area contributed by atoms with Crippen LogP contribution < -0.4 is 10.0 Å². The van der Waals surface area contributed by atoms with Gasteiger partial charge in [0.05, 0.1) is 17.4 Å². The van der Waals surface area contributed by atoms with Crippen molar-refractivity contribution in [2.24, 2.45) is 0 Å². The Morgan fingerprint density at radius 3 is 2.81 bits per heavy atom. The van der Waals surface area contributed by atoms with Crippen LogP contribution in [-0.2, 0) is 16.4 Å². The number of benzene rings is 1. The highest BCUT2D eigenvalue weighted by molar-refractivity contribution is 7.89. The average Bonchev–Trinajstić information content (AvgIpc) is 2.91. The fourth-order valence-corrected chi connectivity index (χ4v) is 3.57. The molecule has 1 unspecified atom stereocenters. The van der Waals surface area contributed by atoms with Crippen molar-refractivity contribution >= 4 is 15.7 Å². The van der Waals surface area contributed by atoms with Crippen LogP contribution in [0.25, 0.3) is 0 Å². The zero-order chi connectivity index (χ0) is 14.9. The van der Waals surface area contributed by atoms with Crippen LogP contribution in [0.4, 0.5) is 5.69 Å². The highest BCUT2D eigenvalue weighted by Crippen LogP contribution is 2.33. The van der Waals surface area contributed by atoms with Gasteiger partial charge in [0.15, 0.2) is 0 Å². The van der Waals surface area contributed by atoms with E-state index in [9.17, 15) is 8.42 Å². The summed E-state index contributed by atoms with van der Waals surface area (Å²) in [5.74, 6) is 0. The molecule has 5 nitrogen and oxygen atoms in total. The van der Waals surface area contributed by atoms with E-state index in [4.69, 9.17) is 0 Å². The minimum Gasteiger partial charge on any atom is -0.376 e. The van der Waals surface area contributed by atoms with Gasteiger partial charge in [-0.15, -0.1) is 0 Å². The molecule has 0 saturated carbocycles. The van der Waals surface area contributed by atoms with E-state index in [2.05, 4.69) is 21.1 Å². The van der Waals surface area contributed by atoms with E-state index in [1.54, 1.807) is 24.4 Å². The summed E-state index contributed by atoms with van der Waals surface area (Å²) in [7, 11) is -2.07. The molecule has 0 fully saturated rings. The number of pyridine rings is 1. The van der Waals surface area contributed by atoms with Crippen molar-refractivity contribution in [1.29, 1.82) is 0 Å². The van der Waals surface area contributed by atoms with Crippen molar-refractivity contribution in [3.05, 3.63) is 53.9 Å². The molecule has 0 aliphatic heterocycles. The van der Waals surface area contributed by atoms with Crippen LogP contribution in [0, 0.1) is 0 Å². The molecule has 0 saturated heterocycles. The number of aryl methyl sites for hydroxylation is 1. The van der Waals surface area contributed by atoms with Gasteiger partial charge in [0.25, 0.3) is 0 Å². The quantitative estimate of drug-likeness (QED) is 0.907.